The van der Waals surface area contributed by atoms with E-state index in [-0.39, 0.29) is 17.6 Å². The number of hydrogen-bond donors (Lipinski definition) is 3. The number of nitrogens with one attached hydrogen (secondary N) is 2. The largest absolute Gasteiger partial charge is 0.506 e. The SMILES string of the molecule is CC(C)CCNC(=O)C1=CCCC1CCCc1cccc(O)c1NC(=O)OC(C)(C)C. The van der Waals surface area contributed by atoms with Crippen molar-refractivity contribution in [2.24, 2.45) is 11.8 Å². The van der Waals surface area contributed by atoms with Crippen LogP contribution in [0.3, 0.4) is 0 Å². The van der Waals surface area contributed by atoms with Crippen molar-refractivity contribution in [3.05, 3.63) is 35.4 Å². The van der Waals surface area contributed by atoms with E-state index in [0.717, 1.165) is 43.2 Å². The fraction of sp³-hybridized carbons (Fsp3) is 0.600. The molecule has 0 fully saturated rings. The minimum Gasteiger partial charge on any atom is -0.506 e. The zero-order valence-electron chi connectivity index (χ0n) is 19.6. The van der Waals surface area contributed by atoms with E-state index in [4.69, 9.17) is 4.74 Å². The lowest BCUT2D eigenvalue weighted by Gasteiger charge is -2.21. The number of aromatic hydroxyl groups is 1. The third-order valence-electron chi connectivity index (χ3n) is 5.34. The van der Waals surface area contributed by atoms with Crippen LogP contribution < -0.4 is 10.6 Å². The molecule has 2 amide bonds. The summed E-state index contributed by atoms with van der Waals surface area (Å²) in [5.74, 6) is 0.917. The number of aryl methyl sites for hydroxylation is 1. The average Bonchev–Trinajstić information content (AvgIpc) is 3.11. The van der Waals surface area contributed by atoms with Gasteiger partial charge >= 0.3 is 6.09 Å². The second-order valence-electron chi connectivity index (χ2n) is 9.70. The van der Waals surface area contributed by atoms with Crippen molar-refractivity contribution in [3.8, 4) is 5.75 Å². The maximum atomic E-state index is 12.5. The fourth-order valence-electron chi connectivity index (χ4n) is 3.80. The molecule has 6 heteroatoms. The summed E-state index contributed by atoms with van der Waals surface area (Å²) in [5.41, 5.74) is 1.54. The average molecular weight is 431 g/mol. The fourth-order valence-corrected chi connectivity index (χ4v) is 3.80. The van der Waals surface area contributed by atoms with Crippen LogP contribution in [0.15, 0.2) is 29.8 Å². The Bertz CT molecular complexity index is 793. The lowest BCUT2D eigenvalue weighted by atomic mass is 9.93. The highest BCUT2D eigenvalue weighted by Gasteiger charge is 2.25. The van der Waals surface area contributed by atoms with Crippen molar-refractivity contribution in [1.82, 2.24) is 5.32 Å². The molecule has 1 aliphatic rings. The Morgan fingerprint density at radius 2 is 2.00 bits per heavy atom. The van der Waals surface area contributed by atoms with Crippen molar-refractivity contribution in [2.45, 2.75) is 78.7 Å². The summed E-state index contributed by atoms with van der Waals surface area (Å²) < 4.78 is 5.31. The van der Waals surface area contributed by atoms with Crippen LogP contribution in [0.1, 0.15) is 72.3 Å². The first-order chi connectivity index (χ1) is 14.6. The summed E-state index contributed by atoms with van der Waals surface area (Å²) >= 11 is 0. The van der Waals surface area contributed by atoms with Crippen LogP contribution in [-0.4, -0.2) is 29.3 Å². The van der Waals surface area contributed by atoms with Crippen molar-refractivity contribution in [3.63, 3.8) is 0 Å². The van der Waals surface area contributed by atoms with Gasteiger partial charge in [0.15, 0.2) is 0 Å². The Hall–Kier alpha value is -2.50. The normalized spacial score (nSPS) is 16.2. The molecule has 0 aromatic heterocycles. The predicted molar refractivity (Wildman–Crippen MR) is 124 cm³/mol. The third kappa shape index (κ3) is 8.27. The maximum Gasteiger partial charge on any atom is 0.412 e. The zero-order chi connectivity index (χ0) is 23.0. The van der Waals surface area contributed by atoms with Gasteiger partial charge in [-0.2, -0.15) is 0 Å². The van der Waals surface area contributed by atoms with E-state index < -0.39 is 11.7 Å². The number of phenols is 1. The number of allylic oxidation sites excluding steroid dienone is 1. The van der Waals surface area contributed by atoms with Crippen LogP contribution in [-0.2, 0) is 16.0 Å². The highest BCUT2D eigenvalue weighted by molar-refractivity contribution is 5.94. The quantitative estimate of drug-likeness (QED) is 0.448. The Morgan fingerprint density at radius 3 is 2.68 bits per heavy atom. The number of carbonyl (C=O) groups excluding carboxylic acids is 2. The van der Waals surface area contributed by atoms with Crippen LogP contribution in [0.2, 0.25) is 0 Å². The Kier molecular flexibility index (Phi) is 8.96. The molecule has 0 heterocycles. The molecule has 1 aliphatic carbocycles. The summed E-state index contributed by atoms with van der Waals surface area (Å²) in [5, 5.41) is 16.0. The number of phenolic OH excluding ortho intramolecular Hbond substituents is 1. The van der Waals surface area contributed by atoms with Crippen LogP contribution >= 0.6 is 0 Å². The van der Waals surface area contributed by atoms with Crippen molar-refractivity contribution < 1.29 is 19.4 Å². The van der Waals surface area contributed by atoms with E-state index >= 15 is 0 Å². The molecule has 0 saturated heterocycles. The van der Waals surface area contributed by atoms with Gasteiger partial charge in [-0.15, -0.1) is 0 Å². The third-order valence-corrected chi connectivity index (χ3v) is 5.34. The Morgan fingerprint density at radius 1 is 1.26 bits per heavy atom. The van der Waals surface area contributed by atoms with Gasteiger partial charge in [0.05, 0.1) is 5.69 Å². The van der Waals surface area contributed by atoms with E-state index in [9.17, 15) is 14.7 Å². The number of carbonyl (C=O) groups is 2. The molecule has 0 bridgehead atoms. The highest BCUT2D eigenvalue weighted by atomic mass is 16.6. The summed E-state index contributed by atoms with van der Waals surface area (Å²) in [6.07, 6.45) is 6.84. The van der Waals surface area contributed by atoms with E-state index in [2.05, 4.69) is 30.6 Å². The molecule has 0 aliphatic heterocycles. The first-order valence-corrected chi connectivity index (χ1v) is 11.4. The minimum absolute atomic E-state index is 0.0225. The molecule has 0 saturated carbocycles. The van der Waals surface area contributed by atoms with Crippen molar-refractivity contribution in [2.75, 3.05) is 11.9 Å². The van der Waals surface area contributed by atoms with Gasteiger partial charge in [-0.05, 0) is 82.8 Å². The smallest absolute Gasteiger partial charge is 0.412 e. The van der Waals surface area contributed by atoms with Gasteiger partial charge in [0.1, 0.15) is 11.4 Å². The van der Waals surface area contributed by atoms with Gasteiger partial charge in [-0.3, -0.25) is 10.1 Å². The predicted octanol–water partition coefficient (Wildman–Crippen LogP) is 5.56. The standard InChI is InChI=1S/C25H38N2O4/c1-17(2)15-16-26-23(29)20-13-7-10-18(20)9-6-11-19-12-8-14-21(28)22(19)27-24(30)31-25(3,4)5/h8,12-14,17-18,28H,6-7,9-11,15-16H2,1-5H3,(H,26,29)(H,27,30). The number of rotatable bonds is 9. The zero-order valence-corrected chi connectivity index (χ0v) is 19.6. The summed E-state index contributed by atoms with van der Waals surface area (Å²) in [7, 11) is 0. The van der Waals surface area contributed by atoms with Gasteiger partial charge in [0.25, 0.3) is 0 Å². The first-order valence-electron chi connectivity index (χ1n) is 11.4. The van der Waals surface area contributed by atoms with Crippen molar-refractivity contribution in [1.29, 1.82) is 0 Å². The Balaban J connectivity index is 1.92. The van der Waals surface area contributed by atoms with Crippen LogP contribution in [0, 0.1) is 11.8 Å². The minimum atomic E-state index is -0.615. The molecule has 6 nitrogen and oxygen atoms in total. The number of anilines is 1. The molecule has 172 valence electrons. The topological polar surface area (TPSA) is 87.7 Å². The molecule has 1 unspecified atom stereocenters. The maximum absolute atomic E-state index is 12.5. The lowest BCUT2D eigenvalue weighted by Crippen LogP contribution is -2.28. The molecular formula is C25H38N2O4. The summed E-state index contributed by atoms with van der Waals surface area (Å²) in [6.45, 7) is 10.4. The molecule has 1 aromatic carbocycles. The number of amides is 2. The van der Waals surface area contributed by atoms with E-state index in [1.165, 1.54) is 0 Å². The van der Waals surface area contributed by atoms with Crippen LogP contribution in [0.5, 0.6) is 5.75 Å². The van der Waals surface area contributed by atoms with Crippen molar-refractivity contribution >= 4 is 17.7 Å². The first kappa shape index (κ1) is 24.8. The van der Waals surface area contributed by atoms with E-state index in [1.54, 1.807) is 32.9 Å². The van der Waals surface area contributed by atoms with Gasteiger partial charge in [0, 0.05) is 12.1 Å². The number of para-hydroxylation sites is 1. The number of hydrogen-bond acceptors (Lipinski definition) is 4. The lowest BCUT2D eigenvalue weighted by molar-refractivity contribution is -0.118. The molecule has 1 atom stereocenters. The molecular weight excluding hydrogens is 392 g/mol. The number of benzene rings is 1. The van der Waals surface area contributed by atoms with Gasteiger partial charge < -0.3 is 15.2 Å². The van der Waals surface area contributed by atoms with Crippen LogP contribution in [0.4, 0.5) is 10.5 Å². The van der Waals surface area contributed by atoms with E-state index in [1.807, 2.05) is 6.07 Å². The molecule has 0 radical (unpaired) electrons. The molecule has 0 spiro atoms. The van der Waals surface area contributed by atoms with E-state index in [0.29, 0.717) is 24.6 Å². The van der Waals surface area contributed by atoms with Gasteiger partial charge in [-0.1, -0.05) is 32.1 Å². The second kappa shape index (κ2) is 11.2. The molecule has 31 heavy (non-hydrogen) atoms. The second-order valence-corrected chi connectivity index (χ2v) is 9.70. The molecule has 2 rings (SSSR count). The molecule has 1 aromatic rings. The van der Waals surface area contributed by atoms with Gasteiger partial charge in [-0.25, -0.2) is 4.79 Å². The summed E-state index contributed by atoms with van der Waals surface area (Å²) in [6, 6.07) is 5.22. The Labute approximate surface area is 186 Å². The summed E-state index contributed by atoms with van der Waals surface area (Å²) in [4.78, 5) is 24.7. The monoisotopic (exact) mass is 430 g/mol. The molecule has 3 N–H and O–H groups in total. The highest BCUT2D eigenvalue weighted by Crippen LogP contribution is 2.33. The van der Waals surface area contributed by atoms with Crippen LogP contribution in [0.25, 0.3) is 0 Å². The number of ether oxygens (including phenoxy) is 1. The van der Waals surface area contributed by atoms with Gasteiger partial charge in [0.2, 0.25) is 5.91 Å².